The summed E-state index contributed by atoms with van der Waals surface area (Å²) in [4.78, 5) is 16.4. The molecule has 23 heavy (non-hydrogen) atoms. The Balaban J connectivity index is 1.95. The number of fused-ring (bicyclic) bond motifs is 1. The van der Waals surface area contributed by atoms with Crippen LogP contribution in [-0.4, -0.2) is 28.5 Å². The van der Waals surface area contributed by atoms with Crippen LogP contribution in [0.15, 0.2) is 28.9 Å². The highest BCUT2D eigenvalue weighted by molar-refractivity contribution is 9.10. The van der Waals surface area contributed by atoms with Crippen LogP contribution in [0.4, 0.5) is 5.69 Å². The molecular weight excluding hydrogens is 356 g/mol. The Morgan fingerprint density at radius 1 is 1.35 bits per heavy atom. The van der Waals surface area contributed by atoms with Crippen molar-refractivity contribution >= 4 is 38.3 Å². The lowest BCUT2D eigenvalue weighted by atomic mass is 9.86. The first-order valence-corrected chi connectivity index (χ1v) is 8.84. The zero-order valence-corrected chi connectivity index (χ0v) is 14.8. The smallest absolute Gasteiger partial charge is 0.163 e. The molecule has 0 saturated heterocycles. The van der Waals surface area contributed by atoms with Crippen LogP contribution in [0.2, 0.25) is 0 Å². The van der Waals surface area contributed by atoms with Crippen LogP contribution in [0, 0.1) is 5.92 Å². The fourth-order valence-corrected chi connectivity index (χ4v) is 3.64. The number of Topliss-reactive ketones (excluding diaryl/α,β-unsaturated/α-hetero) is 1. The number of pyridine rings is 1. The van der Waals surface area contributed by atoms with E-state index in [1.165, 1.54) is 0 Å². The summed E-state index contributed by atoms with van der Waals surface area (Å²) in [6, 6.07) is 6.26. The molecule has 0 bridgehead atoms. The Kier molecular flexibility index (Phi) is 4.97. The van der Waals surface area contributed by atoms with Crippen molar-refractivity contribution in [2.24, 2.45) is 5.92 Å². The number of rotatable bonds is 4. The van der Waals surface area contributed by atoms with E-state index in [1.807, 2.05) is 18.2 Å². The standard InChI is InChI=1S/C18H21BrN2O2/c1-11(23)16-9-20-17-7-4-13(19)8-15(17)18(16)21-14-5-2-12(10-22)3-6-14/h4,7-9,12,14,22H,2-3,5-6,10H2,1H3,(H,20,21)/t12-,14-. The Labute approximate surface area is 144 Å². The predicted molar refractivity (Wildman–Crippen MR) is 95.9 cm³/mol. The molecule has 1 aromatic heterocycles. The van der Waals surface area contributed by atoms with Crippen LogP contribution in [0.25, 0.3) is 10.9 Å². The third kappa shape index (κ3) is 3.56. The fourth-order valence-electron chi connectivity index (χ4n) is 3.28. The molecule has 4 nitrogen and oxygen atoms in total. The topological polar surface area (TPSA) is 62.2 Å². The minimum atomic E-state index is 0.0194. The quantitative estimate of drug-likeness (QED) is 0.786. The van der Waals surface area contributed by atoms with Gasteiger partial charge in [0.2, 0.25) is 0 Å². The highest BCUT2D eigenvalue weighted by Crippen LogP contribution is 2.32. The normalized spacial score (nSPS) is 21.3. The molecule has 0 amide bonds. The van der Waals surface area contributed by atoms with E-state index >= 15 is 0 Å². The molecular formula is C18H21BrN2O2. The summed E-state index contributed by atoms with van der Waals surface area (Å²) in [5.41, 5.74) is 2.40. The number of carbonyl (C=O) groups excluding carboxylic acids is 1. The number of aliphatic hydroxyl groups excluding tert-OH is 1. The summed E-state index contributed by atoms with van der Waals surface area (Å²) in [5, 5.41) is 13.8. The molecule has 0 unspecified atom stereocenters. The molecule has 1 heterocycles. The van der Waals surface area contributed by atoms with E-state index in [1.54, 1.807) is 13.1 Å². The number of halogens is 1. The average molecular weight is 377 g/mol. The first kappa shape index (κ1) is 16.4. The maximum absolute atomic E-state index is 12.0. The van der Waals surface area contributed by atoms with Crippen molar-refractivity contribution in [1.29, 1.82) is 0 Å². The lowest BCUT2D eigenvalue weighted by Crippen LogP contribution is -2.28. The van der Waals surface area contributed by atoms with Gasteiger partial charge in [0.1, 0.15) is 0 Å². The van der Waals surface area contributed by atoms with Gasteiger partial charge in [-0.25, -0.2) is 0 Å². The van der Waals surface area contributed by atoms with Crippen LogP contribution >= 0.6 is 15.9 Å². The first-order valence-electron chi connectivity index (χ1n) is 8.05. The summed E-state index contributed by atoms with van der Waals surface area (Å²) in [7, 11) is 0. The molecule has 0 aliphatic heterocycles. The van der Waals surface area contributed by atoms with E-state index < -0.39 is 0 Å². The Morgan fingerprint density at radius 3 is 2.74 bits per heavy atom. The molecule has 2 aromatic rings. The number of aliphatic hydroxyl groups is 1. The predicted octanol–water partition coefficient (Wildman–Crippen LogP) is 4.16. The molecule has 1 aliphatic rings. The summed E-state index contributed by atoms with van der Waals surface area (Å²) < 4.78 is 0.972. The van der Waals surface area contributed by atoms with E-state index in [0.29, 0.717) is 17.5 Å². The van der Waals surface area contributed by atoms with Crippen molar-refractivity contribution in [2.45, 2.75) is 38.6 Å². The van der Waals surface area contributed by atoms with Gasteiger partial charge in [0.25, 0.3) is 0 Å². The maximum atomic E-state index is 12.0. The number of anilines is 1. The second-order valence-corrected chi connectivity index (χ2v) is 7.22. The van der Waals surface area contributed by atoms with Crippen molar-refractivity contribution in [1.82, 2.24) is 4.98 Å². The Bertz CT molecular complexity index is 724. The maximum Gasteiger partial charge on any atom is 0.163 e. The van der Waals surface area contributed by atoms with Gasteiger partial charge in [-0.2, -0.15) is 0 Å². The van der Waals surface area contributed by atoms with Crippen molar-refractivity contribution < 1.29 is 9.90 Å². The number of nitrogens with zero attached hydrogens (tertiary/aromatic N) is 1. The molecule has 0 spiro atoms. The highest BCUT2D eigenvalue weighted by atomic mass is 79.9. The zero-order chi connectivity index (χ0) is 16.4. The summed E-state index contributed by atoms with van der Waals surface area (Å²) in [5.74, 6) is 0.439. The molecule has 2 N–H and O–H groups in total. The van der Waals surface area contributed by atoms with Crippen LogP contribution in [0.5, 0.6) is 0 Å². The molecule has 5 heteroatoms. The monoisotopic (exact) mass is 376 g/mol. The van der Waals surface area contributed by atoms with Gasteiger partial charge in [-0.05, 0) is 56.7 Å². The van der Waals surface area contributed by atoms with Gasteiger partial charge < -0.3 is 10.4 Å². The number of carbonyl (C=O) groups is 1. The number of hydrogen-bond donors (Lipinski definition) is 2. The lowest BCUT2D eigenvalue weighted by Gasteiger charge is -2.29. The second-order valence-electron chi connectivity index (χ2n) is 6.31. The van der Waals surface area contributed by atoms with Gasteiger partial charge in [0.15, 0.2) is 5.78 Å². The first-order chi connectivity index (χ1) is 11.1. The molecule has 0 atom stereocenters. The Hall–Kier alpha value is -1.46. The van der Waals surface area contributed by atoms with Crippen LogP contribution in [0.3, 0.4) is 0 Å². The largest absolute Gasteiger partial charge is 0.396 e. The second kappa shape index (κ2) is 6.97. The summed E-state index contributed by atoms with van der Waals surface area (Å²) >= 11 is 3.50. The average Bonchev–Trinajstić information content (AvgIpc) is 2.55. The number of ketones is 1. The molecule has 1 saturated carbocycles. The minimum Gasteiger partial charge on any atom is -0.396 e. The highest BCUT2D eigenvalue weighted by Gasteiger charge is 2.22. The van der Waals surface area contributed by atoms with E-state index in [2.05, 4.69) is 26.2 Å². The molecule has 1 fully saturated rings. The number of aromatic nitrogens is 1. The van der Waals surface area contributed by atoms with Crippen molar-refractivity contribution in [3.63, 3.8) is 0 Å². The molecule has 122 valence electrons. The molecule has 1 aliphatic carbocycles. The van der Waals surface area contributed by atoms with E-state index in [4.69, 9.17) is 0 Å². The SMILES string of the molecule is CC(=O)c1cnc2ccc(Br)cc2c1N[C@H]1CC[C@H](CO)CC1. The van der Waals surface area contributed by atoms with Gasteiger partial charge in [-0.3, -0.25) is 9.78 Å². The van der Waals surface area contributed by atoms with E-state index in [9.17, 15) is 9.90 Å². The molecule has 3 rings (SSSR count). The number of benzene rings is 1. The van der Waals surface area contributed by atoms with Gasteiger partial charge in [0, 0.05) is 28.7 Å². The van der Waals surface area contributed by atoms with Crippen LogP contribution in [0.1, 0.15) is 43.0 Å². The zero-order valence-electron chi connectivity index (χ0n) is 13.2. The van der Waals surface area contributed by atoms with Crippen molar-refractivity contribution in [3.05, 3.63) is 34.4 Å². The fraction of sp³-hybridized carbons (Fsp3) is 0.444. The third-order valence-corrected chi connectivity index (χ3v) is 5.16. The lowest BCUT2D eigenvalue weighted by molar-refractivity contribution is 0.101. The Morgan fingerprint density at radius 2 is 2.09 bits per heavy atom. The number of nitrogens with one attached hydrogen (secondary N) is 1. The van der Waals surface area contributed by atoms with Gasteiger partial charge in [-0.1, -0.05) is 15.9 Å². The van der Waals surface area contributed by atoms with E-state index in [-0.39, 0.29) is 12.4 Å². The van der Waals surface area contributed by atoms with E-state index in [0.717, 1.165) is 46.7 Å². The number of hydrogen-bond acceptors (Lipinski definition) is 4. The molecule has 1 aromatic carbocycles. The van der Waals surface area contributed by atoms with Gasteiger partial charge >= 0.3 is 0 Å². The van der Waals surface area contributed by atoms with Crippen LogP contribution < -0.4 is 5.32 Å². The van der Waals surface area contributed by atoms with Gasteiger partial charge in [-0.15, -0.1) is 0 Å². The third-order valence-electron chi connectivity index (χ3n) is 4.66. The van der Waals surface area contributed by atoms with Crippen LogP contribution in [-0.2, 0) is 0 Å². The van der Waals surface area contributed by atoms with Crippen molar-refractivity contribution in [2.75, 3.05) is 11.9 Å². The minimum absolute atomic E-state index is 0.0194. The summed E-state index contributed by atoms with van der Waals surface area (Å²) in [6.45, 7) is 1.85. The van der Waals surface area contributed by atoms with Crippen molar-refractivity contribution in [3.8, 4) is 0 Å². The summed E-state index contributed by atoms with van der Waals surface area (Å²) in [6.07, 6.45) is 5.74. The molecule has 0 radical (unpaired) electrons. The van der Waals surface area contributed by atoms with Gasteiger partial charge in [0.05, 0.1) is 16.8 Å².